The molecule has 1 N–H and O–H groups in total. The Bertz CT molecular complexity index is 879. The van der Waals surface area contributed by atoms with Crippen LogP contribution in [0.5, 0.6) is 0 Å². The van der Waals surface area contributed by atoms with E-state index in [2.05, 4.69) is 20.2 Å². The molecule has 166 valence electrons. The minimum absolute atomic E-state index is 0.0469. The van der Waals surface area contributed by atoms with Crippen LogP contribution in [0, 0.1) is 12.8 Å². The van der Waals surface area contributed by atoms with Gasteiger partial charge in [0, 0.05) is 25.1 Å². The van der Waals surface area contributed by atoms with Crippen molar-refractivity contribution < 1.29 is 9.59 Å². The van der Waals surface area contributed by atoms with Crippen LogP contribution in [0.1, 0.15) is 44.2 Å². The number of carbonyl (C=O) groups excluding carboxylic acids is 2. The first-order valence-corrected chi connectivity index (χ1v) is 11.5. The Hall–Kier alpha value is -2.67. The van der Waals surface area contributed by atoms with Gasteiger partial charge in [-0.1, -0.05) is 31.0 Å². The van der Waals surface area contributed by atoms with Crippen LogP contribution >= 0.6 is 0 Å². The SMILES string of the molecule is Cc1cc(NC(=O)CN2CCC(C(=O)N3CCCCCC3)CC2)n(-c2ccccc2)n1. The van der Waals surface area contributed by atoms with Crippen molar-refractivity contribution in [1.82, 2.24) is 19.6 Å². The van der Waals surface area contributed by atoms with Gasteiger partial charge in [0.25, 0.3) is 0 Å². The van der Waals surface area contributed by atoms with Crippen molar-refractivity contribution in [2.45, 2.75) is 45.4 Å². The molecule has 1 aromatic carbocycles. The van der Waals surface area contributed by atoms with E-state index in [1.54, 1.807) is 4.68 Å². The smallest absolute Gasteiger partial charge is 0.239 e. The van der Waals surface area contributed by atoms with Gasteiger partial charge in [-0.3, -0.25) is 14.5 Å². The van der Waals surface area contributed by atoms with Crippen molar-refractivity contribution in [1.29, 1.82) is 0 Å². The molecule has 7 nitrogen and oxygen atoms in total. The molecule has 7 heteroatoms. The van der Waals surface area contributed by atoms with E-state index in [1.807, 2.05) is 43.3 Å². The number of hydrogen-bond acceptors (Lipinski definition) is 4. The van der Waals surface area contributed by atoms with E-state index >= 15 is 0 Å². The summed E-state index contributed by atoms with van der Waals surface area (Å²) < 4.78 is 1.76. The van der Waals surface area contributed by atoms with E-state index < -0.39 is 0 Å². The molecule has 4 rings (SSSR count). The second-order valence-electron chi connectivity index (χ2n) is 8.76. The summed E-state index contributed by atoms with van der Waals surface area (Å²) in [6.07, 6.45) is 6.40. The lowest BCUT2D eigenvalue weighted by atomic mass is 9.95. The Morgan fingerprint density at radius 2 is 1.68 bits per heavy atom. The zero-order chi connectivity index (χ0) is 21.6. The summed E-state index contributed by atoms with van der Waals surface area (Å²) in [5.74, 6) is 1.07. The third-order valence-corrected chi connectivity index (χ3v) is 6.32. The molecular weight excluding hydrogens is 390 g/mol. The molecule has 2 aliphatic rings. The third-order valence-electron chi connectivity index (χ3n) is 6.32. The number of carbonyl (C=O) groups is 2. The molecule has 0 atom stereocenters. The summed E-state index contributed by atoms with van der Waals surface area (Å²) >= 11 is 0. The molecule has 0 saturated carbocycles. The molecule has 1 aromatic heterocycles. The largest absolute Gasteiger partial charge is 0.342 e. The van der Waals surface area contributed by atoms with Crippen LogP contribution in [-0.4, -0.2) is 64.1 Å². The molecule has 0 spiro atoms. The summed E-state index contributed by atoms with van der Waals surface area (Å²) in [4.78, 5) is 29.8. The number of rotatable bonds is 5. The first-order valence-electron chi connectivity index (χ1n) is 11.5. The predicted molar refractivity (Wildman–Crippen MR) is 121 cm³/mol. The predicted octanol–water partition coefficient (Wildman–Crippen LogP) is 3.23. The van der Waals surface area contributed by atoms with Crippen molar-refractivity contribution in [3.05, 3.63) is 42.1 Å². The fraction of sp³-hybridized carbons (Fsp3) is 0.542. The number of para-hydroxylation sites is 1. The number of piperidine rings is 1. The molecule has 2 aliphatic heterocycles. The molecule has 2 aromatic rings. The van der Waals surface area contributed by atoms with E-state index in [0.717, 1.165) is 63.2 Å². The minimum Gasteiger partial charge on any atom is -0.342 e. The maximum Gasteiger partial charge on any atom is 0.239 e. The van der Waals surface area contributed by atoms with E-state index in [9.17, 15) is 9.59 Å². The average molecular weight is 424 g/mol. The van der Waals surface area contributed by atoms with Crippen molar-refractivity contribution in [3.8, 4) is 5.69 Å². The number of aromatic nitrogens is 2. The number of amides is 2. The molecule has 2 amide bonds. The number of benzene rings is 1. The van der Waals surface area contributed by atoms with Gasteiger partial charge in [-0.05, 0) is 57.8 Å². The summed E-state index contributed by atoms with van der Waals surface area (Å²) in [6, 6.07) is 11.7. The highest BCUT2D eigenvalue weighted by atomic mass is 16.2. The average Bonchev–Trinajstić information content (AvgIpc) is 2.97. The maximum absolute atomic E-state index is 12.9. The zero-order valence-corrected chi connectivity index (χ0v) is 18.4. The molecule has 0 unspecified atom stereocenters. The Labute approximate surface area is 184 Å². The summed E-state index contributed by atoms with van der Waals surface area (Å²) in [6.45, 7) is 5.65. The van der Waals surface area contributed by atoms with E-state index in [-0.39, 0.29) is 11.8 Å². The molecule has 2 saturated heterocycles. The number of hydrogen-bond donors (Lipinski definition) is 1. The Morgan fingerprint density at radius 3 is 2.35 bits per heavy atom. The highest BCUT2D eigenvalue weighted by Crippen LogP contribution is 2.22. The molecule has 0 radical (unpaired) electrons. The van der Waals surface area contributed by atoms with Gasteiger partial charge in [0.05, 0.1) is 17.9 Å². The van der Waals surface area contributed by atoms with Gasteiger partial charge < -0.3 is 10.2 Å². The van der Waals surface area contributed by atoms with Gasteiger partial charge >= 0.3 is 0 Å². The van der Waals surface area contributed by atoms with Crippen LogP contribution in [0.25, 0.3) is 5.69 Å². The molecule has 0 bridgehead atoms. The molecule has 0 aliphatic carbocycles. The molecule has 3 heterocycles. The number of anilines is 1. The second-order valence-corrected chi connectivity index (χ2v) is 8.76. The Kier molecular flexibility index (Phi) is 7.02. The zero-order valence-electron chi connectivity index (χ0n) is 18.4. The Morgan fingerprint density at radius 1 is 1.00 bits per heavy atom. The number of nitrogens with one attached hydrogen (secondary N) is 1. The van der Waals surface area contributed by atoms with E-state index in [1.165, 1.54) is 12.8 Å². The van der Waals surface area contributed by atoms with Crippen LogP contribution in [0.2, 0.25) is 0 Å². The van der Waals surface area contributed by atoms with Crippen molar-refractivity contribution in [2.75, 3.05) is 38.0 Å². The quantitative estimate of drug-likeness (QED) is 0.802. The van der Waals surface area contributed by atoms with Gasteiger partial charge in [-0.2, -0.15) is 5.10 Å². The normalized spacial score (nSPS) is 18.5. The highest BCUT2D eigenvalue weighted by molar-refractivity contribution is 5.91. The first-order chi connectivity index (χ1) is 15.1. The Balaban J connectivity index is 1.29. The van der Waals surface area contributed by atoms with Crippen LogP contribution in [0.15, 0.2) is 36.4 Å². The van der Waals surface area contributed by atoms with Crippen LogP contribution in [0.3, 0.4) is 0 Å². The van der Waals surface area contributed by atoms with Crippen LogP contribution in [0.4, 0.5) is 5.82 Å². The monoisotopic (exact) mass is 423 g/mol. The molecule has 2 fully saturated rings. The maximum atomic E-state index is 12.9. The highest BCUT2D eigenvalue weighted by Gasteiger charge is 2.29. The second kappa shape index (κ2) is 10.1. The van der Waals surface area contributed by atoms with Crippen LogP contribution in [-0.2, 0) is 9.59 Å². The third kappa shape index (κ3) is 5.53. The van der Waals surface area contributed by atoms with Crippen molar-refractivity contribution in [2.24, 2.45) is 5.92 Å². The number of likely N-dealkylation sites (tertiary alicyclic amines) is 2. The summed E-state index contributed by atoms with van der Waals surface area (Å²) in [7, 11) is 0. The van der Waals surface area contributed by atoms with Gasteiger partial charge in [0.15, 0.2) is 0 Å². The van der Waals surface area contributed by atoms with Crippen molar-refractivity contribution >= 4 is 17.6 Å². The lowest BCUT2D eigenvalue weighted by Gasteiger charge is -2.33. The number of aryl methyl sites for hydroxylation is 1. The fourth-order valence-corrected chi connectivity index (χ4v) is 4.63. The van der Waals surface area contributed by atoms with Gasteiger partial charge in [0.1, 0.15) is 5.82 Å². The topological polar surface area (TPSA) is 70.5 Å². The standard InChI is InChI=1S/C24H33N5O2/c1-19-17-22(29(26-19)21-9-5-4-6-10-21)25-23(30)18-27-15-11-20(12-16-27)24(31)28-13-7-2-3-8-14-28/h4-6,9-10,17,20H,2-3,7-8,11-16,18H2,1H3,(H,25,30). The first kappa shape index (κ1) is 21.6. The minimum atomic E-state index is -0.0469. The fourth-order valence-electron chi connectivity index (χ4n) is 4.63. The summed E-state index contributed by atoms with van der Waals surface area (Å²) in [5.41, 5.74) is 1.77. The van der Waals surface area contributed by atoms with Gasteiger partial charge in [-0.15, -0.1) is 0 Å². The lowest BCUT2D eigenvalue weighted by Crippen LogP contribution is -2.44. The molecule has 31 heavy (non-hydrogen) atoms. The lowest BCUT2D eigenvalue weighted by molar-refractivity contribution is -0.137. The van der Waals surface area contributed by atoms with Crippen LogP contribution < -0.4 is 5.32 Å². The van der Waals surface area contributed by atoms with E-state index in [4.69, 9.17) is 0 Å². The molecular formula is C24H33N5O2. The summed E-state index contributed by atoms with van der Waals surface area (Å²) in [5, 5.41) is 7.52. The number of nitrogens with zero attached hydrogens (tertiary/aromatic N) is 4. The van der Waals surface area contributed by atoms with E-state index in [0.29, 0.717) is 18.3 Å². The van der Waals surface area contributed by atoms with Gasteiger partial charge in [0.2, 0.25) is 11.8 Å². The van der Waals surface area contributed by atoms with Gasteiger partial charge in [-0.25, -0.2) is 4.68 Å². The van der Waals surface area contributed by atoms with Crippen molar-refractivity contribution in [3.63, 3.8) is 0 Å².